The lowest BCUT2D eigenvalue weighted by atomic mass is 10.0. The van der Waals surface area contributed by atoms with E-state index in [0.29, 0.717) is 27.8 Å². The molecule has 0 bridgehead atoms. The Labute approximate surface area is 149 Å². The fraction of sp³-hybridized carbons (Fsp3) is 0.200. The zero-order valence-corrected chi connectivity index (χ0v) is 14.6. The first kappa shape index (κ1) is 17.8. The number of carbonyl (C=O) groups is 1. The molecular formula is C20H18F2N2O2. The SMILES string of the molecule is CC(C)N(C)c1cc2cc(C(=O)O)ccc2nc1-c1ccc(F)c(F)c1. The predicted octanol–water partition coefficient (Wildman–Crippen LogP) is 4.72. The van der Waals surface area contributed by atoms with Crippen molar-refractivity contribution < 1.29 is 18.7 Å². The van der Waals surface area contributed by atoms with Gasteiger partial charge in [0.15, 0.2) is 11.6 Å². The summed E-state index contributed by atoms with van der Waals surface area (Å²) in [5, 5.41) is 9.86. The maximum absolute atomic E-state index is 13.7. The minimum atomic E-state index is -1.02. The van der Waals surface area contributed by atoms with Gasteiger partial charge in [-0.3, -0.25) is 0 Å². The van der Waals surface area contributed by atoms with Gasteiger partial charge in [0, 0.05) is 24.0 Å². The number of hydrogen-bond acceptors (Lipinski definition) is 3. The molecule has 3 rings (SSSR count). The van der Waals surface area contributed by atoms with E-state index in [9.17, 15) is 18.7 Å². The van der Waals surface area contributed by atoms with Gasteiger partial charge in [0.05, 0.1) is 22.5 Å². The fourth-order valence-electron chi connectivity index (χ4n) is 2.70. The van der Waals surface area contributed by atoms with Crippen LogP contribution in [-0.4, -0.2) is 29.1 Å². The monoisotopic (exact) mass is 356 g/mol. The zero-order chi connectivity index (χ0) is 19.0. The van der Waals surface area contributed by atoms with Gasteiger partial charge in [0.2, 0.25) is 0 Å². The summed E-state index contributed by atoms with van der Waals surface area (Å²) in [6.07, 6.45) is 0. The van der Waals surface area contributed by atoms with E-state index in [1.54, 1.807) is 12.1 Å². The van der Waals surface area contributed by atoms with Crippen LogP contribution in [0.25, 0.3) is 22.2 Å². The maximum Gasteiger partial charge on any atom is 0.335 e. The normalized spacial score (nSPS) is 11.2. The summed E-state index contributed by atoms with van der Waals surface area (Å²) in [6.45, 7) is 3.99. The second-order valence-electron chi connectivity index (χ2n) is 6.40. The molecule has 0 saturated carbocycles. The highest BCUT2D eigenvalue weighted by atomic mass is 19.2. The molecule has 2 aromatic carbocycles. The van der Waals surface area contributed by atoms with E-state index < -0.39 is 17.6 Å². The van der Waals surface area contributed by atoms with Crippen LogP contribution >= 0.6 is 0 Å². The number of nitrogens with zero attached hydrogens (tertiary/aromatic N) is 2. The molecule has 0 aliphatic carbocycles. The second kappa shape index (κ2) is 6.71. The number of aromatic carboxylic acids is 1. The molecule has 0 spiro atoms. The number of carboxylic acids is 1. The molecule has 1 heterocycles. The number of rotatable bonds is 4. The van der Waals surface area contributed by atoms with Gasteiger partial charge in [-0.1, -0.05) is 0 Å². The van der Waals surface area contributed by atoms with Gasteiger partial charge >= 0.3 is 5.97 Å². The molecule has 1 N–H and O–H groups in total. The first-order chi connectivity index (χ1) is 12.3. The molecule has 0 aliphatic heterocycles. The Bertz CT molecular complexity index is 1000. The molecule has 6 heteroatoms. The highest BCUT2D eigenvalue weighted by molar-refractivity contribution is 5.96. The summed E-state index contributed by atoms with van der Waals surface area (Å²) >= 11 is 0. The first-order valence-corrected chi connectivity index (χ1v) is 8.14. The van der Waals surface area contributed by atoms with Gasteiger partial charge < -0.3 is 10.0 Å². The molecule has 0 aliphatic rings. The van der Waals surface area contributed by atoms with E-state index in [0.717, 1.165) is 12.1 Å². The van der Waals surface area contributed by atoms with Gasteiger partial charge in [-0.05, 0) is 56.3 Å². The topological polar surface area (TPSA) is 53.4 Å². The Morgan fingerprint density at radius 1 is 1.08 bits per heavy atom. The number of carboxylic acid groups (broad SMARTS) is 1. The molecule has 0 unspecified atom stereocenters. The van der Waals surface area contributed by atoms with Crippen molar-refractivity contribution in [3.63, 3.8) is 0 Å². The van der Waals surface area contributed by atoms with Crippen LogP contribution in [0.2, 0.25) is 0 Å². The van der Waals surface area contributed by atoms with E-state index in [2.05, 4.69) is 4.98 Å². The number of anilines is 1. The van der Waals surface area contributed by atoms with Gasteiger partial charge in [-0.15, -0.1) is 0 Å². The average Bonchev–Trinajstić information content (AvgIpc) is 2.61. The van der Waals surface area contributed by atoms with E-state index >= 15 is 0 Å². The second-order valence-corrected chi connectivity index (χ2v) is 6.40. The number of pyridine rings is 1. The van der Waals surface area contributed by atoms with Crippen LogP contribution in [0.4, 0.5) is 14.5 Å². The molecule has 0 fully saturated rings. The van der Waals surface area contributed by atoms with Crippen LogP contribution in [0.5, 0.6) is 0 Å². The van der Waals surface area contributed by atoms with Crippen molar-refractivity contribution in [2.75, 3.05) is 11.9 Å². The standard InChI is InChI=1S/C20H18F2N2O2/c1-11(2)24(3)18-10-14-8-13(20(25)26)5-7-17(14)23-19(18)12-4-6-15(21)16(22)9-12/h4-11H,1-3H3,(H,25,26). The lowest BCUT2D eigenvalue weighted by Gasteiger charge is -2.26. The zero-order valence-electron chi connectivity index (χ0n) is 14.6. The van der Waals surface area contributed by atoms with Crippen molar-refractivity contribution in [2.24, 2.45) is 0 Å². The first-order valence-electron chi connectivity index (χ1n) is 8.14. The molecule has 1 aromatic heterocycles. The van der Waals surface area contributed by atoms with Crippen LogP contribution < -0.4 is 4.90 Å². The Morgan fingerprint density at radius 2 is 1.81 bits per heavy atom. The van der Waals surface area contributed by atoms with Crippen LogP contribution in [0.15, 0.2) is 42.5 Å². The summed E-state index contributed by atoms with van der Waals surface area (Å²) in [7, 11) is 1.87. The van der Waals surface area contributed by atoms with Crippen molar-refractivity contribution >= 4 is 22.6 Å². The van der Waals surface area contributed by atoms with Crippen molar-refractivity contribution in [1.29, 1.82) is 0 Å². The van der Waals surface area contributed by atoms with E-state index in [1.165, 1.54) is 12.1 Å². The van der Waals surface area contributed by atoms with Crippen LogP contribution in [0.1, 0.15) is 24.2 Å². The van der Waals surface area contributed by atoms with Crippen molar-refractivity contribution in [3.8, 4) is 11.3 Å². The third-order valence-corrected chi connectivity index (χ3v) is 4.39. The smallest absolute Gasteiger partial charge is 0.335 e. The highest BCUT2D eigenvalue weighted by Gasteiger charge is 2.17. The number of halogens is 2. The summed E-state index contributed by atoms with van der Waals surface area (Å²) in [4.78, 5) is 17.8. The lowest BCUT2D eigenvalue weighted by molar-refractivity contribution is 0.0697. The maximum atomic E-state index is 13.7. The number of aromatic nitrogens is 1. The summed E-state index contributed by atoms with van der Waals surface area (Å²) in [5.41, 5.74) is 2.42. The largest absolute Gasteiger partial charge is 0.478 e. The third kappa shape index (κ3) is 3.22. The number of hydrogen-bond donors (Lipinski definition) is 1. The molecular weight excluding hydrogens is 338 g/mol. The fourth-order valence-corrected chi connectivity index (χ4v) is 2.70. The van der Waals surface area contributed by atoms with Crippen molar-refractivity contribution in [1.82, 2.24) is 4.98 Å². The van der Waals surface area contributed by atoms with Gasteiger partial charge in [-0.25, -0.2) is 18.6 Å². The van der Waals surface area contributed by atoms with E-state index in [4.69, 9.17) is 0 Å². The highest BCUT2D eigenvalue weighted by Crippen LogP contribution is 2.33. The Morgan fingerprint density at radius 3 is 2.42 bits per heavy atom. The van der Waals surface area contributed by atoms with E-state index in [1.807, 2.05) is 31.9 Å². The molecule has 0 atom stereocenters. The third-order valence-electron chi connectivity index (χ3n) is 4.39. The van der Waals surface area contributed by atoms with Crippen molar-refractivity contribution in [2.45, 2.75) is 19.9 Å². The predicted molar refractivity (Wildman–Crippen MR) is 97.6 cm³/mol. The minimum absolute atomic E-state index is 0.126. The van der Waals surface area contributed by atoms with Crippen LogP contribution in [0.3, 0.4) is 0 Å². The van der Waals surface area contributed by atoms with Crippen LogP contribution in [0, 0.1) is 11.6 Å². The molecule has 4 nitrogen and oxygen atoms in total. The quantitative estimate of drug-likeness (QED) is 0.735. The summed E-state index contributed by atoms with van der Waals surface area (Å²) in [6, 6.07) is 10.3. The average molecular weight is 356 g/mol. The molecule has 3 aromatic rings. The Kier molecular flexibility index (Phi) is 4.59. The minimum Gasteiger partial charge on any atom is -0.478 e. The number of benzene rings is 2. The molecule has 134 valence electrons. The van der Waals surface area contributed by atoms with Gasteiger partial charge in [0.25, 0.3) is 0 Å². The molecule has 0 radical (unpaired) electrons. The Balaban J connectivity index is 2.28. The molecule has 0 saturated heterocycles. The van der Waals surface area contributed by atoms with Gasteiger partial charge in [0.1, 0.15) is 0 Å². The molecule has 0 amide bonds. The Hall–Kier alpha value is -3.02. The number of fused-ring (bicyclic) bond motifs is 1. The van der Waals surface area contributed by atoms with Crippen molar-refractivity contribution in [3.05, 3.63) is 59.7 Å². The summed E-state index contributed by atoms with van der Waals surface area (Å²) < 4.78 is 27.0. The van der Waals surface area contributed by atoms with Crippen LogP contribution in [-0.2, 0) is 0 Å². The van der Waals surface area contributed by atoms with E-state index in [-0.39, 0.29) is 11.6 Å². The lowest BCUT2D eigenvalue weighted by Crippen LogP contribution is -2.26. The van der Waals surface area contributed by atoms with Gasteiger partial charge in [-0.2, -0.15) is 0 Å². The molecule has 26 heavy (non-hydrogen) atoms. The summed E-state index contributed by atoms with van der Waals surface area (Å²) in [5.74, 6) is -2.88.